The highest BCUT2D eigenvalue weighted by Crippen LogP contribution is 2.29. The molecule has 0 unspecified atom stereocenters. The lowest BCUT2D eigenvalue weighted by Crippen LogP contribution is -2.22. The van der Waals surface area contributed by atoms with Crippen molar-refractivity contribution in [3.63, 3.8) is 0 Å². The Morgan fingerprint density at radius 1 is 1.03 bits per heavy atom. The maximum Gasteiger partial charge on any atom is 0.339 e. The van der Waals surface area contributed by atoms with Crippen LogP contribution in [0.25, 0.3) is 0 Å². The van der Waals surface area contributed by atoms with Crippen molar-refractivity contribution in [1.82, 2.24) is 5.32 Å². The van der Waals surface area contributed by atoms with Gasteiger partial charge in [-0.3, -0.25) is 0 Å². The number of rotatable bonds is 10. The molecule has 0 amide bonds. The van der Waals surface area contributed by atoms with Gasteiger partial charge in [0.05, 0.1) is 12.8 Å². The van der Waals surface area contributed by atoms with Crippen LogP contribution in [0, 0.1) is 5.82 Å². The van der Waals surface area contributed by atoms with Crippen molar-refractivity contribution < 1.29 is 21.4 Å². The summed E-state index contributed by atoms with van der Waals surface area (Å²) in [6, 6.07) is 13.7. The molecule has 3 aromatic rings. The van der Waals surface area contributed by atoms with Gasteiger partial charge < -0.3 is 18.8 Å². The molecule has 0 fully saturated rings. The van der Waals surface area contributed by atoms with Gasteiger partial charge in [0.15, 0.2) is 0 Å². The predicted octanol–water partition coefficient (Wildman–Crippen LogP) is 4.32. The Bertz CT molecular complexity index is 1050. The third-order valence-corrected chi connectivity index (χ3v) is 5.92. The molecular formula is C22H25FN2O4S. The summed E-state index contributed by atoms with van der Waals surface area (Å²) < 4.78 is 49.5. The fourth-order valence-corrected chi connectivity index (χ4v) is 4.01. The van der Waals surface area contributed by atoms with Crippen LogP contribution in [0.3, 0.4) is 0 Å². The van der Waals surface area contributed by atoms with Crippen LogP contribution in [0.15, 0.2) is 70.2 Å². The number of nitrogens with one attached hydrogen (secondary N) is 1. The second-order valence-electron chi connectivity index (χ2n) is 6.64. The van der Waals surface area contributed by atoms with Crippen molar-refractivity contribution in [2.75, 3.05) is 18.0 Å². The molecule has 0 bridgehead atoms. The normalized spacial score (nSPS) is 11.4. The summed E-state index contributed by atoms with van der Waals surface area (Å²) in [5.74, 6) is 0.493. The minimum atomic E-state index is -4.11. The summed E-state index contributed by atoms with van der Waals surface area (Å²) in [6.07, 6.45) is 1.60. The molecule has 0 aliphatic heterocycles. The monoisotopic (exact) mass is 432 g/mol. The zero-order chi connectivity index (χ0) is 21.6. The highest BCUT2D eigenvalue weighted by atomic mass is 32.2. The number of halogens is 1. The molecule has 0 atom stereocenters. The second kappa shape index (κ2) is 9.77. The smallest absolute Gasteiger partial charge is 0.339 e. The van der Waals surface area contributed by atoms with Gasteiger partial charge in [-0.1, -0.05) is 6.07 Å². The first-order chi connectivity index (χ1) is 14.4. The molecule has 160 valence electrons. The lowest BCUT2D eigenvalue weighted by Gasteiger charge is -2.22. The Morgan fingerprint density at radius 2 is 1.77 bits per heavy atom. The molecule has 0 aliphatic rings. The standard InChI is InChI=1S/C22H25FN2O4S/c1-3-25(4-2)19-10-7-17(15-24-16-20-6-5-13-28-20)22(14-19)29-30(26,27)21-11-8-18(23)9-12-21/h5-14,24H,3-4,15-16H2,1-2H3. The SMILES string of the molecule is CCN(CC)c1ccc(CNCc2ccco2)c(OS(=O)(=O)c2ccc(F)cc2)c1. The zero-order valence-corrected chi connectivity index (χ0v) is 17.8. The number of hydrogen-bond acceptors (Lipinski definition) is 6. The molecule has 30 heavy (non-hydrogen) atoms. The van der Waals surface area contributed by atoms with E-state index >= 15 is 0 Å². The van der Waals surface area contributed by atoms with Crippen LogP contribution in [0.4, 0.5) is 10.1 Å². The van der Waals surface area contributed by atoms with Crippen molar-refractivity contribution in [2.24, 2.45) is 0 Å². The average molecular weight is 433 g/mol. The summed E-state index contributed by atoms with van der Waals surface area (Å²) >= 11 is 0. The van der Waals surface area contributed by atoms with Gasteiger partial charge in [0.1, 0.15) is 22.2 Å². The zero-order valence-electron chi connectivity index (χ0n) is 17.0. The Morgan fingerprint density at radius 3 is 2.40 bits per heavy atom. The first-order valence-electron chi connectivity index (χ1n) is 9.74. The third-order valence-electron chi connectivity index (χ3n) is 4.68. The van der Waals surface area contributed by atoms with Gasteiger partial charge in [-0.2, -0.15) is 8.42 Å². The highest BCUT2D eigenvalue weighted by Gasteiger charge is 2.20. The van der Waals surface area contributed by atoms with Crippen molar-refractivity contribution in [2.45, 2.75) is 31.8 Å². The molecule has 1 aromatic heterocycles. The van der Waals surface area contributed by atoms with Gasteiger partial charge >= 0.3 is 10.1 Å². The van der Waals surface area contributed by atoms with Crippen molar-refractivity contribution in [1.29, 1.82) is 0 Å². The van der Waals surface area contributed by atoms with Crippen molar-refractivity contribution in [3.05, 3.63) is 78.0 Å². The molecule has 0 aliphatic carbocycles. The summed E-state index contributed by atoms with van der Waals surface area (Å²) in [6.45, 7) is 6.48. The van der Waals surface area contributed by atoms with E-state index in [2.05, 4.69) is 10.2 Å². The van der Waals surface area contributed by atoms with Crippen LogP contribution in [0.5, 0.6) is 5.75 Å². The topological polar surface area (TPSA) is 71.8 Å². The summed E-state index contributed by atoms with van der Waals surface area (Å²) in [4.78, 5) is 1.99. The second-order valence-corrected chi connectivity index (χ2v) is 8.18. The molecular weight excluding hydrogens is 407 g/mol. The molecule has 0 spiro atoms. The number of anilines is 1. The van der Waals surface area contributed by atoms with Crippen LogP contribution >= 0.6 is 0 Å². The Hall–Kier alpha value is -2.84. The molecule has 6 nitrogen and oxygen atoms in total. The first kappa shape index (κ1) is 21.9. The van der Waals surface area contributed by atoms with Crippen molar-refractivity contribution >= 4 is 15.8 Å². The van der Waals surface area contributed by atoms with E-state index in [0.29, 0.717) is 18.7 Å². The molecule has 2 aromatic carbocycles. The quantitative estimate of drug-likeness (QED) is 0.481. The molecule has 8 heteroatoms. The van der Waals surface area contributed by atoms with E-state index in [-0.39, 0.29) is 10.6 Å². The third kappa shape index (κ3) is 5.40. The van der Waals surface area contributed by atoms with Crippen molar-refractivity contribution in [3.8, 4) is 5.75 Å². The largest absolute Gasteiger partial charge is 0.468 e. The van der Waals surface area contributed by atoms with Crippen LogP contribution < -0.4 is 14.4 Å². The van der Waals surface area contributed by atoms with Gasteiger partial charge in [-0.25, -0.2) is 4.39 Å². The van der Waals surface area contributed by atoms with Gasteiger partial charge in [0.2, 0.25) is 0 Å². The van der Waals surface area contributed by atoms with Crippen LogP contribution in [-0.2, 0) is 23.2 Å². The Labute approximate surface area is 176 Å². The van der Waals surface area contributed by atoms with Crippen LogP contribution in [0.1, 0.15) is 25.2 Å². The average Bonchev–Trinajstić information content (AvgIpc) is 3.24. The molecule has 0 saturated heterocycles. The Kier molecular flexibility index (Phi) is 7.12. The molecule has 1 N–H and O–H groups in total. The van der Waals surface area contributed by atoms with Gasteiger partial charge in [-0.05, 0) is 56.3 Å². The summed E-state index contributed by atoms with van der Waals surface area (Å²) in [5.41, 5.74) is 1.54. The van der Waals surface area contributed by atoms with Gasteiger partial charge in [-0.15, -0.1) is 0 Å². The lowest BCUT2D eigenvalue weighted by molar-refractivity contribution is 0.470. The summed E-state index contributed by atoms with van der Waals surface area (Å²) in [7, 11) is -4.11. The lowest BCUT2D eigenvalue weighted by atomic mass is 10.1. The Balaban J connectivity index is 1.87. The number of hydrogen-bond donors (Lipinski definition) is 1. The minimum absolute atomic E-state index is 0.105. The van der Waals surface area contributed by atoms with Crippen LogP contribution in [-0.4, -0.2) is 21.5 Å². The van der Waals surface area contributed by atoms with E-state index in [4.69, 9.17) is 8.60 Å². The first-order valence-corrected chi connectivity index (χ1v) is 11.1. The van der Waals surface area contributed by atoms with E-state index in [9.17, 15) is 12.8 Å². The van der Waals surface area contributed by atoms with E-state index in [0.717, 1.165) is 36.7 Å². The number of furan rings is 1. The predicted molar refractivity (Wildman–Crippen MR) is 113 cm³/mol. The molecule has 0 radical (unpaired) electrons. The molecule has 1 heterocycles. The number of benzene rings is 2. The van der Waals surface area contributed by atoms with E-state index in [1.54, 1.807) is 18.4 Å². The van der Waals surface area contributed by atoms with E-state index in [1.165, 1.54) is 12.1 Å². The highest BCUT2D eigenvalue weighted by molar-refractivity contribution is 7.87. The fourth-order valence-electron chi connectivity index (χ4n) is 3.05. The number of nitrogens with zero attached hydrogens (tertiary/aromatic N) is 1. The van der Waals surface area contributed by atoms with Crippen LogP contribution in [0.2, 0.25) is 0 Å². The van der Waals surface area contributed by atoms with E-state index < -0.39 is 15.9 Å². The van der Waals surface area contributed by atoms with E-state index in [1.807, 2.05) is 32.0 Å². The maximum absolute atomic E-state index is 13.2. The maximum atomic E-state index is 13.2. The fraction of sp³-hybridized carbons (Fsp3) is 0.273. The minimum Gasteiger partial charge on any atom is -0.468 e. The molecule has 0 saturated carbocycles. The summed E-state index contributed by atoms with van der Waals surface area (Å²) in [5, 5.41) is 3.22. The van der Waals surface area contributed by atoms with Gasteiger partial charge in [0, 0.05) is 37.0 Å². The van der Waals surface area contributed by atoms with Gasteiger partial charge in [0.25, 0.3) is 0 Å². The molecule has 3 rings (SSSR count).